The van der Waals surface area contributed by atoms with Gasteiger partial charge in [0, 0.05) is 5.56 Å². The van der Waals surface area contributed by atoms with E-state index >= 15 is 0 Å². The molecule has 1 aliphatic carbocycles. The maximum atomic E-state index is 12.8. The monoisotopic (exact) mass is 483 g/mol. The van der Waals surface area contributed by atoms with Gasteiger partial charge in [0.15, 0.2) is 5.76 Å². The topological polar surface area (TPSA) is 112 Å². The van der Waals surface area contributed by atoms with E-state index in [1.165, 1.54) is 18.4 Å². The average molecular weight is 484 g/mol. The third-order valence-corrected chi connectivity index (χ3v) is 6.99. The van der Waals surface area contributed by atoms with Crippen molar-refractivity contribution in [2.24, 2.45) is 5.92 Å². The summed E-state index contributed by atoms with van der Waals surface area (Å²) in [6, 6.07) is 11.0. The van der Waals surface area contributed by atoms with Crippen LogP contribution in [0, 0.1) is 5.92 Å². The van der Waals surface area contributed by atoms with Crippen LogP contribution >= 0.6 is 0 Å². The summed E-state index contributed by atoms with van der Waals surface area (Å²) in [5, 5.41) is 15.8. The molecule has 0 unspecified atom stereocenters. The molecule has 3 rings (SSSR count). The summed E-state index contributed by atoms with van der Waals surface area (Å²) in [5.74, 6) is -0.579. The van der Waals surface area contributed by atoms with Crippen molar-refractivity contribution in [1.82, 2.24) is 15.7 Å². The quantitative estimate of drug-likeness (QED) is 0.119. The Morgan fingerprint density at radius 2 is 1.83 bits per heavy atom. The highest BCUT2D eigenvalue weighted by Gasteiger charge is 2.38. The van der Waals surface area contributed by atoms with Crippen LogP contribution in [0.2, 0.25) is 0 Å². The van der Waals surface area contributed by atoms with E-state index in [4.69, 9.17) is 4.42 Å². The van der Waals surface area contributed by atoms with Gasteiger partial charge in [-0.05, 0) is 48.8 Å². The van der Waals surface area contributed by atoms with Gasteiger partial charge in [-0.25, -0.2) is 5.06 Å². The maximum absolute atomic E-state index is 12.8. The van der Waals surface area contributed by atoms with Crippen LogP contribution in [0.1, 0.15) is 81.8 Å². The molecule has 1 aromatic heterocycles. The summed E-state index contributed by atoms with van der Waals surface area (Å²) >= 11 is 0. The van der Waals surface area contributed by atoms with Crippen LogP contribution in [-0.4, -0.2) is 41.2 Å². The van der Waals surface area contributed by atoms with Crippen LogP contribution in [0.25, 0.3) is 11.3 Å². The highest BCUT2D eigenvalue weighted by atomic mass is 16.5. The normalized spacial score (nSPS) is 15.7. The lowest BCUT2D eigenvalue weighted by atomic mass is 9.90. The molecule has 0 bridgehead atoms. The molecule has 2 atom stereocenters. The van der Waals surface area contributed by atoms with Gasteiger partial charge in [-0.2, -0.15) is 0 Å². The van der Waals surface area contributed by atoms with Crippen molar-refractivity contribution in [1.29, 1.82) is 0 Å². The summed E-state index contributed by atoms with van der Waals surface area (Å²) in [6.07, 6.45) is 6.46. The summed E-state index contributed by atoms with van der Waals surface area (Å²) in [4.78, 5) is 36.4. The fourth-order valence-corrected chi connectivity index (χ4v) is 4.40. The van der Waals surface area contributed by atoms with Crippen molar-refractivity contribution in [2.75, 3.05) is 6.67 Å². The molecule has 0 saturated heterocycles. The third-order valence-electron chi connectivity index (χ3n) is 6.99. The van der Waals surface area contributed by atoms with Gasteiger partial charge in [0.25, 0.3) is 5.91 Å². The van der Waals surface area contributed by atoms with Crippen molar-refractivity contribution in [3.63, 3.8) is 0 Å². The van der Waals surface area contributed by atoms with Crippen LogP contribution in [0.5, 0.6) is 0 Å². The molecule has 3 N–H and O–H groups in total. The first-order valence-electron chi connectivity index (χ1n) is 12.5. The predicted octanol–water partition coefficient (Wildman–Crippen LogP) is 4.62. The van der Waals surface area contributed by atoms with Crippen LogP contribution in [-0.2, 0) is 15.0 Å². The van der Waals surface area contributed by atoms with Gasteiger partial charge in [0.05, 0.1) is 18.6 Å². The Labute approximate surface area is 207 Å². The van der Waals surface area contributed by atoms with Crippen molar-refractivity contribution in [3.05, 3.63) is 47.7 Å². The van der Waals surface area contributed by atoms with Gasteiger partial charge in [0.2, 0.25) is 12.3 Å². The van der Waals surface area contributed by atoms with E-state index in [-0.39, 0.29) is 18.3 Å². The van der Waals surface area contributed by atoms with Crippen LogP contribution in [0.15, 0.2) is 40.8 Å². The van der Waals surface area contributed by atoms with Crippen LogP contribution < -0.4 is 10.6 Å². The number of rotatable bonds is 14. The number of nitrogens with one attached hydrogen (secondary N) is 2. The number of benzene rings is 1. The number of hydrogen-bond acceptors (Lipinski definition) is 5. The second-order valence-corrected chi connectivity index (χ2v) is 9.59. The number of furan rings is 1. The molecule has 1 saturated carbocycles. The van der Waals surface area contributed by atoms with Crippen molar-refractivity contribution in [2.45, 2.75) is 77.2 Å². The fourth-order valence-electron chi connectivity index (χ4n) is 4.40. The molecular weight excluding hydrogens is 446 g/mol. The van der Waals surface area contributed by atoms with Gasteiger partial charge in [-0.15, -0.1) is 0 Å². The minimum Gasteiger partial charge on any atom is -0.451 e. The Kier molecular flexibility index (Phi) is 9.09. The number of nitrogens with zero attached hydrogens (tertiary/aromatic N) is 1. The number of hydroxylamine groups is 2. The van der Waals surface area contributed by atoms with Gasteiger partial charge < -0.3 is 15.1 Å². The lowest BCUT2D eigenvalue weighted by Gasteiger charge is -2.29. The first kappa shape index (κ1) is 26.5. The van der Waals surface area contributed by atoms with Gasteiger partial charge in [-0.3, -0.25) is 19.6 Å². The Balaban J connectivity index is 1.55. The molecule has 0 radical (unpaired) electrons. The highest BCUT2D eigenvalue weighted by molar-refractivity contribution is 5.92. The fraction of sp³-hybridized carbons (Fsp3) is 0.519. The van der Waals surface area contributed by atoms with Crippen molar-refractivity contribution >= 4 is 18.2 Å². The van der Waals surface area contributed by atoms with E-state index < -0.39 is 17.9 Å². The Hall–Kier alpha value is -3.13. The van der Waals surface area contributed by atoms with E-state index in [2.05, 4.69) is 36.6 Å². The van der Waals surface area contributed by atoms with E-state index in [9.17, 15) is 19.6 Å². The molecule has 1 fully saturated rings. The lowest BCUT2D eigenvalue weighted by molar-refractivity contribution is -0.168. The lowest BCUT2D eigenvalue weighted by Crippen LogP contribution is -2.47. The molecule has 0 aliphatic heterocycles. The molecule has 190 valence electrons. The SMILES string of the molecule is CCCCC[C@@H](C(=O)NCNC(=O)c1ccc(-c2ccc(C3(C)CC3)cc2)o1)[C@@H](CC)N(O)C=O. The Morgan fingerprint density at radius 3 is 2.43 bits per heavy atom. The summed E-state index contributed by atoms with van der Waals surface area (Å²) in [5.41, 5.74) is 2.51. The second kappa shape index (κ2) is 12.0. The predicted molar refractivity (Wildman–Crippen MR) is 133 cm³/mol. The van der Waals surface area contributed by atoms with Gasteiger partial charge in [-0.1, -0.05) is 64.3 Å². The molecule has 1 heterocycles. The summed E-state index contributed by atoms with van der Waals surface area (Å²) in [7, 11) is 0. The van der Waals surface area contributed by atoms with Gasteiger partial charge >= 0.3 is 0 Å². The molecule has 8 heteroatoms. The van der Waals surface area contributed by atoms with Crippen molar-refractivity contribution in [3.8, 4) is 11.3 Å². The molecule has 0 spiro atoms. The van der Waals surface area contributed by atoms with E-state index in [1.54, 1.807) is 12.1 Å². The minimum atomic E-state index is -0.624. The number of carbonyl (C=O) groups is 3. The average Bonchev–Trinajstić information content (AvgIpc) is 3.42. The zero-order valence-corrected chi connectivity index (χ0v) is 20.9. The molecule has 8 nitrogen and oxygen atoms in total. The smallest absolute Gasteiger partial charge is 0.288 e. The molecule has 35 heavy (non-hydrogen) atoms. The number of hydrogen-bond donors (Lipinski definition) is 3. The van der Waals surface area contributed by atoms with Crippen LogP contribution in [0.4, 0.5) is 0 Å². The third kappa shape index (κ3) is 6.72. The van der Waals surface area contributed by atoms with E-state index in [0.717, 1.165) is 24.8 Å². The molecule has 3 amide bonds. The Bertz CT molecular complexity index is 997. The van der Waals surface area contributed by atoms with Crippen LogP contribution in [0.3, 0.4) is 0 Å². The summed E-state index contributed by atoms with van der Waals surface area (Å²) < 4.78 is 5.74. The van der Waals surface area contributed by atoms with E-state index in [1.807, 2.05) is 19.1 Å². The molecule has 1 aliphatic rings. The first-order chi connectivity index (χ1) is 16.8. The molecular formula is C27H37N3O5. The summed E-state index contributed by atoms with van der Waals surface area (Å²) in [6.45, 7) is 6.05. The number of amides is 3. The maximum Gasteiger partial charge on any atom is 0.288 e. The highest BCUT2D eigenvalue weighted by Crippen LogP contribution is 2.47. The minimum absolute atomic E-state index is 0.0891. The standard InChI is InChI=1S/C27H37N3O5/c1-4-6-7-8-21(22(5-2)30(34)18-31)25(32)28-17-29-26(33)24-14-13-23(35-24)19-9-11-20(12-10-19)27(3)15-16-27/h9-14,18,21-22,34H,4-8,15-17H2,1-3H3,(H,28,32)(H,29,33)/t21-,22-/m1/s1. The van der Waals surface area contributed by atoms with Crippen molar-refractivity contribution < 1.29 is 24.0 Å². The second-order valence-electron chi connectivity index (χ2n) is 9.59. The zero-order chi connectivity index (χ0) is 25.4. The zero-order valence-electron chi connectivity index (χ0n) is 20.9. The number of carbonyl (C=O) groups excluding carboxylic acids is 3. The molecule has 2 aromatic rings. The largest absolute Gasteiger partial charge is 0.451 e. The number of unbranched alkanes of at least 4 members (excludes halogenated alkanes) is 2. The first-order valence-corrected chi connectivity index (χ1v) is 12.5. The van der Waals surface area contributed by atoms with Gasteiger partial charge in [0.1, 0.15) is 5.76 Å². The Morgan fingerprint density at radius 1 is 1.11 bits per heavy atom. The van der Waals surface area contributed by atoms with E-state index in [0.29, 0.717) is 35.5 Å². The molecule has 1 aromatic carbocycles.